The number of nitrogens with zero attached hydrogens (tertiary/aromatic N) is 2. The number of aromatic hydroxyl groups is 1. The number of allylic oxidation sites excluding steroid dienone is 1. The summed E-state index contributed by atoms with van der Waals surface area (Å²) in [6, 6.07) is 11.9. The monoisotopic (exact) mass is 396 g/mol. The number of carbonyl (C=O) groups excluding carboxylic acids is 2. The lowest BCUT2D eigenvalue weighted by atomic mass is 10.1. The van der Waals surface area contributed by atoms with Gasteiger partial charge in [-0.1, -0.05) is 18.2 Å². The number of morpholine rings is 1. The molecule has 0 unspecified atom stereocenters. The molecule has 0 aliphatic carbocycles. The number of phenolic OH excluding ortho intramolecular Hbond substituents is 1. The molecule has 29 heavy (non-hydrogen) atoms. The molecule has 1 saturated heterocycles. The van der Waals surface area contributed by atoms with Crippen molar-refractivity contribution in [3.05, 3.63) is 59.7 Å². The lowest BCUT2D eigenvalue weighted by Gasteiger charge is -2.25. The molecule has 7 heteroatoms. The number of phenols is 1. The van der Waals surface area contributed by atoms with Gasteiger partial charge in [0.25, 0.3) is 0 Å². The highest BCUT2D eigenvalue weighted by Gasteiger charge is 2.19. The normalized spacial score (nSPS) is 14.1. The van der Waals surface area contributed by atoms with Crippen molar-refractivity contribution in [2.24, 2.45) is 0 Å². The fourth-order valence-electron chi connectivity index (χ4n) is 2.84. The molecule has 1 aliphatic rings. The fraction of sp³-hybridized carbons (Fsp3) is 0.273. The molecule has 1 aliphatic heterocycles. The zero-order chi connectivity index (χ0) is 20.8. The van der Waals surface area contributed by atoms with Crippen LogP contribution in [0.5, 0.6) is 11.5 Å². The molecule has 0 aromatic heterocycles. The second kappa shape index (κ2) is 9.25. The van der Waals surface area contributed by atoms with E-state index in [0.717, 1.165) is 11.3 Å². The standard InChI is InChI=1S/C22H24N2O5/c1-23(2)17-6-3-16(4-7-17)5-10-20(25)19-9-8-18(15-21(19)26)29-22(27)24-11-13-28-14-12-24/h3-10,15,26H,11-14H2,1-2H3/b10-5+. The van der Waals surface area contributed by atoms with E-state index in [9.17, 15) is 14.7 Å². The van der Waals surface area contributed by atoms with Crippen LogP contribution < -0.4 is 9.64 Å². The molecule has 2 aromatic carbocycles. The first kappa shape index (κ1) is 20.4. The van der Waals surface area contributed by atoms with E-state index in [1.54, 1.807) is 6.08 Å². The second-order valence-corrected chi connectivity index (χ2v) is 6.83. The SMILES string of the molecule is CN(C)c1ccc(/C=C/C(=O)c2ccc(OC(=O)N3CCOCC3)cc2O)cc1. The number of benzene rings is 2. The van der Waals surface area contributed by atoms with Crippen molar-refractivity contribution in [3.8, 4) is 11.5 Å². The van der Waals surface area contributed by atoms with Gasteiger partial charge >= 0.3 is 6.09 Å². The summed E-state index contributed by atoms with van der Waals surface area (Å²) in [5.41, 5.74) is 2.07. The zero-order valence-electron chi connectivity index (χ0n) is 16.5. The quantitative estimate of drug-likeness (QED) is 0.618. The molecule has 152 valence electrons. The Kier molecular flexibility index (Phi) is 6.51. The molecule has 0 bridgehead atoms. The number of carbonyl (C=O) groups is 2. The number of hydrogen-bond acceptors (Lipinski definition) is 6. The topological polar surface area (TPSA) is 79.3 Å². The zero-order valence-corrected chi connectivity index (χ0v) is 16.5. The predicted molar refractivity (Wildman–Crippen MR) is 111 cm³/mol. The van der Waals surface area contributed by atoms with Crippen LogP contribution in [0.4, 0.5) is 10.5 Å². The minimum Gasteiger partial charge on any atom is -0.507 e. The number of ether oxygens (including phenoxy) is 2. The van der Waals surface area contributed by atoms with Gasteiger partial charge in [-0.25, -0.2) is 4.79 Å². The number of hydrogen-bond donors (Lipinski definition) is 1. The first-order valence-electron chi connectivity index (χ1n) is 9.31. The first-order valence-corrected chi connectivity index (χ1v) is 9.31. The number of rotatable bonds is 5. The van der Waals surface area contributed by atoms with E-state index in [0.29, 0.717) is 26.3 Å². The molecule has 1 heterocycles. The molecule has 1 fully saturated rings. The fourth-order valence-corrected chi connectivity index (χ4v) is 2.84. The van der Waals surface area contributed by atoms with Crippen LogP contribution in [-0.2, 0) is 4.74 Å². The van der Waals surface area contributed by atoms with Crippen LogP contribution in [-0.4, -0.2) is 62.3 Å². The van der Waals surface area contributed by atoms with E-state index in [4.69, 9.17) is 9.47 Å². The maximum Gasteiger partial charge on any atom is 0.415 e. The van der Waals surface area contributed by atoms with E-state index >= 15 is 0 Å². The lowest BCUT2D eigenvalue weighted by molar-refractivity contribution is 0.0416. The first-order chi connectivity index (χ1) is 13.9. The molecule has 0 radical (unpaired) electrons. The Morgan fingerprint density at radius 2 is 1.79 bits per heavy atom. The van der Waals surface area contributed by atoms with Gasteiger partial charge in [-0.3, -0.25) is 4.79 Å². The molecule has 1 N–H and O–H groups in total. The Hall–Kier alpha value is -3.32. The van der Waals surface area contributed by atoms with Gasteiger partial charge in [-0.15, -0.1) is 0 Å². The molecule has 1 amide bonds. The van der Waals surface area contributed by atoms with Crippen LogP contribution in [0.15, 0.2) is 48.5 Å². The minimum absolute atomic E-state index is 0.136. The Labute approximate surface area is 169 Å². The van der Waals surface area contributed by atoms with Crippen molar-refractivity contribution in [2.75, 3.05) is 45.3 Å². The van der Waals surface area contributed by atoms with Gasteiger partial charge in [0.05, 0.1) is 18.8 Å². The number of anilines is 1. The van der Waals surface area contributed by atoms with Crippen molar-refractivity contribution in [3.63, 3.8) is 0 Å². The van der Waals surface area contributed by atoms with E-state index in [1.165, 1.54) is 29.2 Å². The summed E-state index contributed by atoms with van der Waals surface area (Å²) >= 11 is 0. The maximum atomic E-state index is 12.4. The Morgan fingerprint density at radius 3 is 2.41 bits per heavy atom. The Morgan fingerprint density at radius 1 is 1.10 bits per heavy atom. The molecule has 7 nitrogen and oxygen atoms in total. The molecule has 0 saturated carbocycles. The van der Waals surface area contributed by atoms with Gasteiger partial charge in [-0.2, -0.15) is 0 Å². The Balaban J connectivity index is 1.64. The molecule has 3 rings (SSSR count). The molecule has 0 atom stereocenters. The molecular formula is C22H24N2O5. The van der Waals surface area contributed by atoms with Crippen LogP contribution in [0.1, 0.15) is 15.9 Å². The molecular weight excluding hydrogens is 372 g/mol. The van der Waals surface area contributed by atoms with Crippen molar-refractivity contribution >= 4 is 23.6 Å². The summed E-state index contributed by atoms with van der Waals surface area (Å²) < 4.78 is 10.5. The minimum atomic E-state index is -0.507. The second-order valence-electron chi connectivity index (χ2n) is 6.83. The van der Waals surface area contributed by atoms with Gasteiger partial charge in [0.15, 0.2) is 5.78 Å². The van der Waals surface area contributed by atoms with Crippen LogP contribution >= 0.6 is 0 Å². The molecule has 0 spiro atoms. The number of ketones is 1. The highest BCUT2D eigenvalue weighted by atomic mass is 16.6. The summed E-state index contributed by atoms with van der Waals surface area (Å²) in [6.07, 6.45) is 2.58. The van der Waals surface area contributed by atoms with E-state index in [-0.39, 0.29) is 22.8 Å². The van der Waals surface area contributed by atoms with Gasteiger partial charge in [0.2, 0.25) is 0 Å². The van der Waals surface area contributed by atoms with Gasteiger partial charge < -0.3 is 24.4 Å². The lowest BCUT2D eigenvalue weighted by Crippen LogP contribution is -2.42. The van der Waals surface area contributed by atoms with Crippen LogP contribution in [0.3, 0.4) is 0 Å². The van der Waals surface area contributed by atoms with Gasteiger partial charge in [0.1, 0.15) is 11.5 Å². The van der Waals surface area contributed by atoms with E-state index < -0.39 is 6.09 Å². The van der Waals surface area contributed by atoms with Crippen molar-refractivity contribution in [1.82, 2.24) is 4.90 Å². The highest BCUT2D eigenvalue weighted by Crippen LogP contribution is 2.25. The third kappa shape index (κ3) is 5.36. The van der Waals surface area contributed by atoms with Crippen LogP contribution in [0, 0.1) is 0 Å². The summed E-state index contributed by atoms with van der Waals surface area (Å²) in [6.45, 7) is 1.86. The van der Waals surface area contributed by atoms with Crippen LogP contribution in [0.25, 0.3) is 6.08 Å². The summed E-state index contributed by atoms with van der Waals surface area (Å²) in [4.78, 5) is 28.0. The smallest absolute Gasteiger partial charge is 0.415 e. The van der Waals surface area contributed by atoms with Crippen molar-refractivity contribution in [2.45, 2.75) is 0 Å². The van der Waals surface area contributed by atoms with Gasteiger partial charge in [-0.05, 0) is 35.9 Å². The maximum absolute atomic E-state index is 12.4. The van der Waals surface area contributed by atoms with E-state index in [1.807, 2.05) is 43.3 Å². The number of amides is 1. The summed E-state index contributed by atoms with van der Waals surface area (Å²) in [7, 11) is 3.91. The highest BCUT2D eigenvalue weighted by molar-refractivity contribution is 6.08. The predicted octanol–water partition coefficient (Wildman–Crippen LogP) is 3.19. The van der Waals surface area contributed by atoms with Gasteiger partial charge in [0, 0.05) is 38.9 Å². The Bertz CT molecular complexity index is 900. The third-order valence-corrected chi connectivity index (χ3v) is 4.55. The summed E-state index contributed by atoms with van der Waals surface area (Å²) in [5.74, 6) is -0.404. The average Bonchev–Trinajstić information content (AvgIpc) is 2.73. The van der Waals surface area contributed by atoms with E-state index in [2.05, 4.69) is 0 Å². The average molecular weight is 396 g/mol. The van der Waals surface area contributed by atoms with Crippen molar-refractivity contribution in [1.29, 1.82) is 0 Å². The molecule has 2 aromatic rings. The summed E-state index contributed by atoms with van der Waals surface area (Å²) in [5, 5.41) is 10.2. The van der Waals surface area contributed by atoms with Crippen molar-refractivity contribution < 1.29 is 24.2 Å². The van der Waals surface area contributed by atoms with Crippen LogP contribution in [0.2, 0.25) is 0 Å². The third-order valence-electron chi connectivity index (χ3n) is 4.55. The largest absolute Gasteiger partial charge is 0.507 e.